The van der Waals surface area contributed by atoms with Crippen molar-refractivity contribution in [3.8, 4) is 11.5 Å². The lowest BCUT2D eigenvalue weighted by Crippen LogP contribution is -2.18. The maximum absolute atomic E-state index is 14.1. The van der Waals surface area contributed by atoms with E-state index in [0.29, 0.717) is 33.4 Å². The zero-order chi connectivity index (χ0) is 20.8. The van der Waals surface area contributed by atoms with Crippen LogP contribution in [0.15, 0.2) is 36.4 Å². The van der Waals surface area contributed by atoms with E-state index in [4.69, 9.17) is 33.3 Å². The van der Waals surface area contributed by atoms with Crippen molar-refractivity contribution >= 4 is 23.8 Å². The van der Waals surface area contributed by atoms with Crippen LogP contribution < -0.4 is 14.9 Å². The van der Waals surface area contributed by atoms with E-state index in [2.05, 4.69) is 22.5 Å². The van der Waals surface area contributed by atoms with Crippen LogP contribution in [0.2, 0.25) is 5.02 Å². The van der Waals surface area contributed by atoms with Crippen LogP contribution >= 0.6 is 23.8 Å². The van der Waals surface area contributed by atoms with Gasteiger partial charge in [-0.1, -0.05) is 36.7 Å². The minimum atomic E-state index is -0.416. The molecule has 0 unspecified atom stereocenters. The molecule has 0 spiro atoms. The minimum Gasteiger partial charge on any atom is -0.493 e. The van der Waals surface area contributed by atoms with Gasteiger partial charge < -0.3 is 14.9 Å². The fourth-order valence-corrected chi connectivity index (χ4v) is 3.32. The first kappa shape index (κ1) is 21.1. The lowest BCUT2D eigenvalue weighted by atomic mass is 10.1. The third-order valence-corrected chi connectivity index (χ3v) is 4.97. The zero-order valence-electron chi connectivity index (χ0n) is 16.2. The van der Waals surface area contributed by atoms with Crippen LogP contribution in [0.5, 0.6) is 11.5 Å². The number of aromatic amines is 1. The molecule has 0 bridgehead atoms. The molecule has 0 atom stereocenters. The van der Waals surface area contributed by atoms with Gasteiger partial charge in [0, 0.05) is 17.5 Å². The maximum Gasteiger partial charge on any atom is 0.214 e. The Morgan fingerprint density at radius 1 is 1.28 bits per heavy atom. The summed E-state index contributed by atoms with van der Waals surface area (Å²) in [5, 5.41) is 7.35. The van der Waals surface area contributed by atoms with Crippen LogP contribution in [0.3, 0.4) is 0 Å². The molecule has 154 valence electrons. The number of nitrogens with one attached hydrogen (secondary N) is 2. The maximum atomic E-state index is 14.1. The van der Waals surface area contributed by atoms with Crippen molar-refractivity contribution in [2.24, 2.45) is 0 Å². The van der Waals surface area contributed by atoms with Crippen LogP contribution in [0.4, 0.5) is 4.39 Å². The van der Waals surface area contributed by atoms with Gasteiger partial charge in [0.15, 0.2) is 17.3 Å². The monoisotopic (exact) mass is 436 g/mol. The second-order valence-electron chi connectivity index (χ2n) is 6.30. The summed E-state index contributed by atoms with van der Waals surface area (Å²) >= 11 is 11.4. The van der Waals surface area contributed by atoms with E-state index in [1.54, 1.807) is 30.0 Å². The number of methoxy groups -OCH3 is 1. The fourth-order valence-electron chi connectivity index (χ4n) is 2.89. The SMILES string of the molecule is CCCc1n[nH]c(=S)n1NCc1cccc(OC)c1OCc1c(F)cccc1Cl. The van der Waals surface area contributed by atoms with Crippen molar-refractivity contribution in [2.75, 3.05) is 12.5 Å². The summed E-state index contributed by atoms with van der Waals surface area (Å²) in [7, 11) is 1.56. The molecule has 3 aromatic rings. The van der Waals surface area contributed by atoms with E-state index in [1.165, 1.54) is 6.07 Å². The number of hydrogen-bond donors (Lipinski definition) is 2. The molecule has 2 N–H and O–H groups in total. The quantitative estimate of drug-likeness (QED) is 0.461. The van der Waals surface area contributed by atoms with E-state index in [9.17, 15) is 4.39 Å². The molecule has 0 aliphatic heterocycles. The second-order valence-corrected chi connectivity index (χ2v) is 7.10. The van der Waals surface area contributed by atoms with Gasteiger partial charge in [0.2, 0.25) is 4.77 Å². The van der Waals surface area contributed by atoms with Gasteiger partial charge in [-0.05, 0) is 36.8 Å². The third kappa shape index (κ3) is 4.89. The van der Waals surface area contributed by atoms with Crippen LogP contribution in [0.1, 0.15) is 30.3 Å². The standard InChI is InChI=1S/C20H22ClFN4O2S/c1-3-6-18-24-25-20(29)26(18)23-11-13-7-4-10-17(27-2)19(13)28-12-14-15(21)8-5-9-16(14)22/h4-5,7-10,23H,3,6,11-12H2,1-2H3,(H,25,29). The number of aryl methyl sites for hydroxylation is 1. The highest BCUT2D eigenvalue weighted by atomic mass is 35.5. The van der Waals surface area contributed by atoms with Gasteiger partial charge in [0.1, 0.15) is 12.4 Å². The van der Waals surface area contributed by atoms with Crippen LogP contribution in [0, 0.1) is 10.6 Å². The molecule has 0 radical (unpaired) electrons. The number of halogens is 2. The molecule has 0 fully saturated rings. The molecule has 3 rings (SSSR count). The summed E-state index contributed by atoms with van der Waals surface area (Å²) in [6, 6.07) is 10.1. The van der Waals surface area contributed by atoms with Crippen LogP contribution in [-0.4, -0.2) is 22.0 Å². The van der Waals surface area contributed by atoms with Gasteiger partial charge in [0.05, 0.1) is 18.7 Å². The first-order chi connectivity index (χ1) is 14.0. The van der Waals surface area contributed by atoms with E-state index in [1.807, 2.05) is 12.1 Å². The molecule has 0 aliphatic rings. The third-order valence-electron chi connectivity index (χ3n) is 4.35. The predicted molar refractivity (Wildman–Crippen MR) is 113 cm³/mol. The number of benzene rings is 2. The van der Waals surface area contributed by atoms with Gasteiger partial charge in [-0.15, -0.1) is 0 Å². The number of nitrogens with zero attached hydrogens (tertiary/aromatic N) is 2. The smallest absolute Gasteiger partial charge is 0.214 e. The van der Waals surface area contributed by atoms with Gasteiger partial charge in [0.25, 0.3) is 0 Å². The summed E-state index contributed by atoms with van der Waals surface area (Å²) in [5.41, 5.74) is 4.37. The van der Waals surface area contributed by atoms with Gasteiger partial charge >= 0.3 is 0 Å². The molecule has 0 amide bonds. The molecule has 0 saturated heterocycles. The summed E-state index contributed by atoms with van der Waals surface area (Å²) in [6.07, 6.45) is 1.73. The first-order valence-electron chi connectivity index (χ1n) is 9.16. The molecule has 1 heterocycles. The predicted octanol–water partition coefficient (Wildman–Crippen LogP) is 5.02. The average molecular weight is 437 g/mol. The molecule has 6 nitrogen and oxygen atoms in total. The van der Waals surface area contributed by atoms with Gasteiger partial charge in [-0.3, -0.25) is 5.10 Å². The van der Waals surface area contributed by atoms with Crippen molar-refractivity contribution in [3.05, 3.63) is 69.0 Å². The zero-order valence-corrected chi connectivity index (χ0v) is 17.7. The molecular formula is C20H22ClFN4O2S. The number of para-hydroxylation sites is 1. The Morgan fingerprint density at radius 3 is 2.79 bits per heavy atom. The Balaban J connectivity index is 1.83. The minimum absolute atomic E-state index is 0.0227. The molecule has 9 heteroatoms. The van der Waals surface area contributed by atoms with Crippen molar-refractivity contribution in [2.45, 2.75) is 32.9 Å². The first-order valence-corrected chi connectivity index (χ1v) is 9.95. The van der Waals surface area contributed by atoms with E-state index in [0.717, 1.165) is 24.2 Å². The topological polar surface area (TPSA) is 64.1 Å². The van der Waals surface area contributed by atoms with Crippen molar-refractivity contribution in [1.82, 2.24) is 14.9 Å². The molecule has 0 aliphatic carbocycles. The summed E-state index contributed by atoms with van der Waals surface area (Å²) < 4.78 is 27.7. The highest BCUT2D eigenvalue weighted by Crippen LogP contribution is 2.33. The van der Waals surface area contributed by atoms with E-state index in [-0.39, 0.29) is 6.61 Å². The van der Waals surface area contributed by atoms with Crippen LogP contribution in [0.25, 0.3) is 0 Å². The Kier molecular flexibility index (Phi) is 7.11. The molecular weight excluding hydrogens is 415 g/mol. The summed E-state index contributed by atoms with van der Waals surface area (Å²) in [5.74, 6) is 1.46. The second kappa shape index (κ2) is 9.76. The largest absolute Gasteiger partial charge is 0.493 e. The Labute approximate surface area is 178 Å². The summed E-state index contributed by atoms with van der Waals surface area (Å²) in [6.45, 7) is 2.46. The number of rotatable bonds is 9. The number of H-pyrrole nitrogens is 1. The number of ether oxygens (including phenoxy) is 2. The molecule has 0 saturated carbocycles. The highest BCUT2D eigenvalue weighted by molar-refractivity contribution is 7.71. The molecule has 2 aromatic carbocycles. The van der Waals surface area contributed by atoms with Crippen molar-refractivity contribution < 1.29 is 13.9 Å². The Hall–Kier alpha value is -2.58. The van der Waals surface area contributed by atoms with Crippen molar-refractivity contribution in [3.63, 3.8) is 0 Å². The highest BCUT2D eigenvalue weighted by Gasteiger charge is 2.14. The van der Waals surface area contributed by atoms with E-state index >= 15 is 0 Å². The van der Waals surface area contributed by atoms with Gasteiger partial charge in [-0.25, -0.2) is 9.07 Å². The Morgan fingerprint density at radius 2 is 2.07 bits per heavy atom. The van der Waals surface area contributed by atoms with Crippen molar-refractivity contribution in [1.29, 1.82) is 0 Å². The lowest BCUT2D eigenvalue weighted by Gasteiger charge is -2.17. The Bertz CT molecular complexity index is 1020. The molecule has 29 heavy (non-hydrogen) atoms. The lowest BCUT2D eigenvalue weighted by molar-refractivity contribution is 0.277. The summed E-state index contributed by atoms with van der Waals surface area (Å²) in [4.78, 5) is 0. The number of aromatic nitrogens is 3. The normalized spacial score (nSPS) is 10.8. The molecule has 1 aromatic heterocycles. The van der Waals surface area contributed by atoms with E-state index < -0.39 is 5.82 Å². The fraction of sp³-hybridized carbons (Fsp3) is 0.300. The van der Waals surface area contributed by atoms with Gasteiger partial charge in [-0.2, -0.15) is 5.10 Å². The number of hydrogen-bond acceptors (Lipinski definition) is 5. The van der Waals surface area contributed by atoms with Crippen LogP contribution in [-0.2, 0) is 19.6 Å². The average Bonchev–Trinajstić information content (AvgIpc) is 3.06.